The van der Waals surface area contributed by atoms with Crippen molar-refractivity contribution in [3.63, 3.8) is 0 Å². The number of benzene rings is 2. The number of rotatable bonds is 4. The molecule has 0 radical (unpaired) electrons. The lowest BCUT2D eigenvalue weighted by molar-refractivity contribution is -0.113. The highest BCUT2D eigenvalue weighted by Gasteiger charge is 2.13. The van der Waals surface area contributed by atoms with Gasteiger partial charge in [-0.05, 0) is 48.2 Å². The summed E-state index contributed by atoms with van der Waals surface area (Å²) in [4.78, 5) is 16.1. The Labute approximate surface area is 151 Å². The van der Waals surface area contributed by atoms with Gasteiger partial charge in [-0.15, -0.1) is 0 Å². The number of aromatic nitrogens is 1. The minimum absolute atomic E-state index is 0.0662. The Morgan fingerprint density at radius 1 is 1.29 bits per heavy atom. The maximum absolute atomic E-state index is 11.7. The van der Waals surface area contributed by atoms with Crippen LogP contribution in [0.1, 0.15) is 0 Å². The van der Waals surface area contributed by atoms with E-state index in [1.165, 1.54) is 0 Å². The third kappa shape index (κ3) is 3.65. The van der Waals surface area contributed by atoms with Crippen LogP contribution in [0.5, 0.6) is 0 Å². The van der Waals surface area contributed by atoms with Gasteiger partial charge in [-0.3, -0.25) is 4.79 Å². The number of fused-ring (bicyclic) bond motifs is 1. The highest BCUT2D eigenvalue weighted by molar-refractivity contribution is 8.04. The maximum atomic E-state index is 11.7. The lowest BCUT2D eigenvalue weighted by atomic mass is 10.2. The summed E-state index contributed by atoms with van der Waals surface area (Å²) in [6.45, 7) is 0. The number of thiocyanates is 1. The van der Waals surface area contributed by atoms with Gasteiger partial charge < -0.3 is 9.73 Å². The Kier molecular flexibility index (Phi) is 4.95. The molecule has 0 atom stereocenters. The maximum Gasteiger partial charge on any atom is 0.235 e. The highest BCUT2D eigenvalue weighted by Crippen LogP contribution is 2.32. The molecule has 0 bridgehead atoms. The molecule has 0 spiro atoms. The molecule has 0 aliphatic carbocycles. The van der Waals surface area contributed by atoms with Crippen molar-refractivity contribution in [1.29, 1.82) is 5.26 Å². The van der Waals surface area contributed by atoms with Gasteiger partial charge in [0.1, 0.15) is 10.9 Å². The van der Waals surface area contributed by atoms with Crippen molar-refractivity contribution < 1.29 is 9.21 Å². The number of thioether (sulfide) groups is 1. The molecule has 120 valence electrons. The van der Waals surface area contributed by atoms with E-state index in [1.807, 2.05) is 5.40 Å². The predicted molar refractivity (Wildman–Crippen MR) is 96.2 cm³/mol. The van der Waals surface area contributed by atoms with Crippen molar-refractivity contribution in [3.05, 3.63) is 46.4 Å². The van der Waals surface area contributed by atoms with E-state index in [0.717, 1.165) is 11.8 Å². The van der Waals surface area contributed by atoms with Crippen LogP contribution in [0.15, 0.2) is 40.8 Å². The molecule has 1 N–H and O–H groups in total. The smallest absolute Gasteiger partial charge is 0.235 e. The van der Waals surface area contributed by atoms with Crippen LogP contribution in [0.25, 0.3) is 22.6 Å². The normalized spacial score (nSPS) is 10.5. The first-order chi connectivity index (χ1) is 11.6. The summed E-state index contributed by atoms with van der Waals surface area (Å²) in [7, 11) is 0. The average molecular weight is 378 g/mol. The standard InChI is InChI=1S/C16H9Cl2N3O2S/c17-9-1-3-12(18)11(5-9)16-21-13-6-10(2-4-14(13)23-16)20-15(22)7-24-8-19/h1-6H,7H2,(H,20,22). The first-order valence-electron chi connectivity index (χ1n) is 6.73. The van der Waals surface area contributed by atoms with Crippen LogP contribution in [-0.2, 0) is 4.79 Å². The third-order valence-corrected chi connectivity index (χ3v) is 4.20. The van der Waals surface area contributed by atoms with Gasteiger partial charge in [0.05, 0.1) is 16.3 Å². The molecule has 0 aliphatic heterocycles. The number of anilines is 1. The molecule has 24 heavy (non-hydrogen) atoms. The first kappa shape index (κ1) is 16.7. The van der Waals surface area contributed by atoms with Crippen molar-refractivity contribution in [2.75, 3.05) is 11.1 Å². The minimum Gasteiger partial charge on any atom is -0.436 e. The molecule has 5 nitrogen and oxygen atoms in total. The molecule has 3 rings (SSSR count). The summed E-state index contributed by atoms with van der Waals surface area (Å²) in [6.07, 6.45) is 0. The molecular formula is C16H9Cl2N3O2S. The number of carbonyl (C=O) groups is 1. The number of oxazole rings is 1. The van der Waals surface area contributed by atoms with Gasteiger partial charge in [-0.25, -0.2) is 4.98 Å². The van der Waals surface area contributed by atoms with Crippen molar-refractivity contribution in [2.45, 2.75) is 0 Å². The Balaban J connectivity index is 1.90. The van der Waals surface area contributed by atoms with E-state index in [9.17, 15) is 4.79 Å². The van der Waals surface area contributed by atoms with Gasteiger partial charge in [0.25, 0.3) is 0 Å². The molecule has 3 aromatic rings. The summed E-state index contributed by atoms with van der Waals surface area (Å²) >= 11 is 13.0. The summed E-state index contributed by atoms with van der Waals surface area (Å²) in [5.41, 5.74) is 2.30. The molecule has 8 heteroatoms. The van der Waals surface area contributed by atoms with Gasteiger partial charge in [-0.1, -0.05) is 23.2 Å². The number of nitrogens with one attached hydrogen (secondary N) is 1. The summed E-state index contributed by atoms with van der Waals surface area (Å²) < 4.78 is 5.70. The van der Waals surface area contributed by atoms with Gasteiger partial charge in [0.15, 0.2) is 5.58 Å². The number of nitrogens with zero attached hydrogens (tertiary/aromatic N) is 2. The third-order valence-electron chi connectivity index (χ3n) is 3.10. The number of amides is 1. The largest absolute Gasteiger partial charge is 0.436 e. The second kappa shape index (κ2) is 7.14. The van der Waals surface area contributed by atoms with Crippen molar-refractivity contribution >= 4 is 57.7 Å². The highest BCUT2D eigenvalue weighted by atomic mass is 35.5. The van der Waals surface area contributed by atoms with Crippen LogP contribution >= 0.6 is 35.0 Å². The average Bonchev–Trinajstić information content (AvgIpc) is 2.98. The fraction of sp³-hybridized carbons (Fsp3) is 0.0625. The summed E-state index contributed by atoms with van der Waals surface area (Å²) in [6, 6.07) is 10.1. The van der Waals surface area contributed by atoms with E-state index >= 15 is 0 Å². The lowest BCUT2D eigenvalue weighted by Crippen LogP contribution is -2.13. The van der Waals surface area contributed by atoms with Gasteiger partial charge in [0.2, 0.25) is 11.8 Å². The molecule has 0 unspecified atom stereocenters. The second-order valence-electron chi connectivity index (χ2n) is 4.75. The van der Waals surface area contributed by atoms with E-state index < -0.39 is 0 Å². The minimum atomic E-state index is -0.262. The van der Waals surface area contributed by atoms with E-state index in [1.54, 1.807) is 36.4 Å². The topological polar surface area (TPSA) is 78.9 Å². The molecule has 1 amide bonds. The fourth-order valence-electron chi connectivity index (χ4n) is 2.08. The van der Waals surface area contributed by atoms with E-state index in [0.29, 0.717) is 38.3 Å². The molecule has 1 heterocycles. The second-order valence-corrected chi connectivity index (χ2v) is 6.36. The predicted octanol–water partition coefficient (Wildman–Crippen LogP) is 4.95. The quantitative estimate of drug-likeness (QED) is 0.650. The molecule has 0 aliphatic rings. The Hall–Kier alpha value is -2.20. The molecule has 0 saturated carbocycles. The fourth-order valence-corrected chi connectivity index (χ4v) is 2.71. The summed E-state index contributed by atoms with van der Waals surface area (Å²) in [5.74, 6) is 0.153. The molecule has 2 aromatic carbocycles. The van der Waals surface area contributed by atoms with Crippen molar-refractivity contribution in [2.24, 2.45) is 0 Å². The van der Waals surface area contributed by atoms with Crippen LogP contribution in [0.2, 0.25) is 10.0 Å². The first-order valence-corrected chi connectivity index (χ1v) is 8.48. The van der Waals surface area contributed by atoms with Gasteiger partial charge in [0, 0.05) is 10.7 Å². The zero-order valence-electron chi connectivity index (χ0n) is 12.0. The molecule has 0 saturated heterocycles. The number of carbonyl (C=O) groups excluding carboxylic acids is 1. The Morgan fingerprint density at radius 3 is 2.92 bits per heavy atom. The lowest BCUT2D eigenvalue weighted by Gasteiger charge is -2.02. The molecular weight excluding hydrogens is 369 g/mol. The van der Waals surface area contributed by atoms with Gasteiger partial charge in [-0.2, -0.15) is 5.26 Å². The number of nitriles is 1. The van der Waals surface area contributed by atoms with Crippen molar-refractivity contribution in [1.82, 2.24) is 4.98 Å². The Bertz CT molecular complexity index is 966. The number of halogens is 2. The zero-order valence-corrected chi connectivity index (χ0v) is 14.4. The van der Waals surface area contributed by atoms with Crippen LogP contribution in [0.4, 0.5) is 5.69 Å². The van der Waals surface area contributed by atoms with Crippen LogP contribution in [0.3, 0.4) is 0 Å². The van der Waals surface area contributed by atoms with Gasteiger partial charge >= 0.3 is 0 Å². The monoisotopic (exact) mass is 377 g/mol. The SMILES string of the molecule is N#CSCC(=O)Nc1ccc2oc(-c3cc(Cl)ccc3Cl)nc2c1. The van der Waals surface area contributed by atoms with Crippen LogP contribution in [-0.4, -0.2) is 16.6 Å². The van der Waals surface area contributed by atoms with Crippen LogP contribution in [0, 0.1) is 10.7 Å². The molecule has 0 fully saturated rings. The van der Waals surface area contributed by atoms with E-state index in [-0.39, 0.29) is 11.7 Å². The summed E-state index contributed by atoms with van der Waals surface area (Å²) in [5, 5.41) is 14.0. The zero-order chi connectivity index (χ0) is 17.1. The molecule has 1 aromatic heterocycles. The van der Waals surface area contributed by atoms with Crippen molar-refractivity contribution in [3.8, 4) is 16.9 Å². The number of hydrogen-bond donors (Lipinski definition) is 1. The Morgan fingerprint density at radius 2 is 2.12 bits per heavy atom. The van der Waals surface area contributed by atoms with E-state index in [2.05, 4.69) is 10.3 Å². The van der Waals surface area contributed by atoms with E-state index in [4.69, 9.17) is 32.9 Å². The number of hydrogen-bond acceptors (Lipinski definition) is 5. The van der Waals surface area contributed by atoms with Crippen LogP contribution < -0.4 is 5.32 Å².